The molecule has 1 N–H and O–H groups in total. The lowest BCUT2D eigenvalue weighted by Crippen LogP contribution is -2.46. The maximum Gasteiger partial charge on any atom is 0.289 e. The number of aryl methyl sites for hydroxylation is 1. The highest BCUT2D eigenvalue weighted by molar-refractivity contribution is 6.39. The molecule has 2 rings (SSSR count). The van der Waals surface area contributed by atoms with Gasteiger partial charge in [0, 0.05) is 12.2 Å². The SMILES string of the molecule is Cc1ccccc1N(C=O)[C@H](C)C(=O)C(=O)NCC1CC1. The number of hydrogen-bond donors (Lipinski definition) is 1. The van der Waals surface area contributed by atoms with E-state index in [-0.39, 0.29) is 0 Å². The van der Waals surface area contributed by atoms with Gasteiger partial charge >= 0.3 is 0 Å². The molecule has 0 aliphatic heterocycles. The van der Waals surface area contributed by atoms with E-state index in [4.69, 9.17) is 0 Å². The van der Waals surface area contributed by atoms with Gasteiger partial charge in [-0.25, -0.2) is 0 Å². The Balaban J connectivity index is 2.06. The van der Waals surface area contributed by atoms with Crippen LogP contribution in [0.5, 0.6) is 0 Å². The van der Waals surface area contributed by atoms with E-state index in [1.54, 1.807) is 19.1 Å². The number of Topliss-reactive ketones (excluding diaryl/α,β-unsaturated/α-hetero) is 1. The summed E-state index contributed by atoms with van der Waals surface area (Å²) in [5.74, 6) is -0.698. The second-order valence-corrected chi connectivity index (χ2v) is 5.49. The van der Waals surface area contributed by atoms with E-state index in [0.29, 0.717) is 24.6 Å². The summed E-state index contributed by atoms with van der Waals surface area (Å²) in [5, 5.41) is 2.64. The Morgan fingerprint density at radius 2 is 2.05 bits per heavy atom. The van der Waals surface area contributed by atoms with Crippen LogP contribution >= 0.6 is 0 Å². The second-order valence-electron chi connectivity index (χ2n) is 5.49. The van der Waals surface area contributed by atoms with Gasteiger partial charge in [0.2, 0.25) is 12.2 Å². The lowest BCUT2D eigenvalue weighted by atomic mass is 10.1. The average Bonchev–Trinajstić information content (AvgIpc) is 3.30. The summed E-state index contributed by atoms with van der Waals surface area (Å²) >= 11 is 0. The number of ketones is 1. The number of benzene rings is 1. The van der Waals surface area contributed by atoms with Gasteiger partial charge in [-0.05, 0) is 44.2 Å². The Morgan fingerprint density at radius 3 is 2.62 bits per heavy atom. The zero-order valence-electron chi connectivity index (χ0n) is 12.3. The third-order valence-corrected chi connectivity index (χ3v) is 3.78. The van der Waals surface area contributed by atoms with Gasteiger partial charge in [-0.2, -0.15) is 0 Å². The van der Waals surface area contributed by atoms with Crippen molar-refractivity contribution in [2.75, 3.05) is 11.4 Å². The fourth-order valence-electron chi connectivity index (χ4n) is 2.17. The summed E-state index contributed by atoms with van der Waals surface area (Å²) < 4.78 is 0. The summed E-state index contributed by atoms with van der Waals surface area (Å²) in [6.45, 7) is 3.97. The van der Waals surface area contributed by atoms with Crippen LogP contribution in [-0.2, 0) is 14.4 Å². The molecule has 0 spiro atoms. The van der Waals surface area contributed by atoms with Crippen molar-refractivity contribution >= 4 is 23.8 Å². The minimum absolute atomic E-state index is 0.510. The molecule has 21 heavy (non-hydrogen) atoms. The molecule has 0 heterocycles. The van der Waals surface area contributed by atoms with Gasteiger partial charge in [-0.3, -0.25) is 14.4 Å². The molecule has 112 valence electrons. The first kappa shape index (κ1) is 15.2. The molecule has 1 aromatic rings. The van der Waals surface area contributed by atoms with Crippen LogP contribution < -0.4 is 10.2 Å². The highest BCUT2D eigenvalue weighted by Gasteiger charge is 2.29. The van der Waals surface area contributed by atoms with Gasteiger partial charge in [-0.15, -0.1) is 0 Å². The number of nitrogens with zero attached hydrogens (tertiary/aromatic N) is 1. The van der Waals surface area contributed by atoms with E-state index in [1.807, 2.05) is 19.1 Å². The van der Waals surface area contributed by atoms with E-state index < -0.39 is 17.7 Å². The Hall–Kier alpha value is -2.17. The summed E-state index contributed by atoms with van der Waals surface area (Å²) in [5.41, 5.74) is 1.52. The van der Waals surface area contributed by atoms with Crippen LogP contribution in [0.2, 0.25) is 0 Å². The van der Waals surface area contributed by atoms with Gasteiger partial charge in [0.15, 0.2) is 0 Å². The van der Waals surface area contributed by atoms with Crippen molar-refractivity contribution in [1.29, 1.82) is 0 Å². The molecule has 0 aromatic heterocycles. The standard InChI is InChI=1S/C16H20N2O3/c1-11-5-3-4-6-14(11)18(10-19)12(2)15(20)16(21)17-9-13-7-8-13/h3-6,10,12-13H,7-9H2,1-2H3,(H,17,21)/t12-/m1/s1. The van der Waals surface area contributed by atoms with Crippen LogP contribution in [0, 0.1) is 12.8 Å². The van der Waals surface area contributed by atoms with Crippen LogP contribution in [0.4, 0.5) is 5.69 Å². The fraction of sp³-hybridized carbons (Fsp3) is 0.438. The number of amides is 2. The quantitative estimate of drug-likeness (QED) is 0.610. The number of nitrogens with one attached hydrogen (secondary N) is 1. The number of para-hydroxylation sites is 1. The third-order valence-electron chi connectivity index (χ3n) is 3.78. The molecule has 1 aliphatic carbocycles. The highest BCUT2D eigenvalue weighted by atomic mass is 16.2. The fourth-order valence-corrected chi connectivity index (χ4v) is 2.17. The minimum Gasteiger partial charge on any atom is -0.349 e. The molecular formula is C16H20N2O3. The van der Waals surface area contributed by atoms with Crippen molar-refractivity contribution in [3.05, 3.63) is 29.8 Å². The van der Waals surface area contributed by atoms with Crippen molar-refractivity contribution in [3.63, 3.8) is 0 Å². The summed E-state index contributed by atoms with van der Waals surface area (Å²) in [6.07, 6.45) is 2.81. The second kappa shape index (κ2) is 6.52. The molecule has 5 nitrogen and oxygen atoms in total. The molecule has 2 amide bonds. The van der Waals surface area contributed by atoms with Crippen LogP contribution in [-0.4, -0.2) is 30.7 Å². The van der Waals surface area contributed by atoms with Crippen molar-refractivity contribution in [2.45, 2.75) is 32.7 Å². The Morgan fingerprint density at radius 1 is 1.38 bits per heavy atom. The van der Waals surface area contributed by atoms with Crippen molar-refractivity contribution < 1.29 is 14.4 Å². The van der Waals surface area contributed by atoms with E-state index in [0.717, 1.165) is 18.4 Å². The summed E-state index contributed by atoms with van der Waals surface area (Å²) in [7, 11) is 0. The first-order valence-corrected chi connectivity index (χ1v) is 7.16. The molecule has 1 atom stereocenters. The van der Waals surface area contributed by atoms with Crippen molar-refractivity contribution in [3.8, 4) is 0 Å². The van der Waals surface area contributed by atoms with E-state index in [1.165, 1.54) is 4.90 Å². The molecule has 0 bridgehead atoms. The van der Waals surface area contributed by atoms with E-state index >= 15 is 0 Å². The van der Waals surface area contributed by atoms with Gasteiger partial charge in [0.1, 0.15) is 6.04 Å². The van der Waals surface area contributed by atoms with Crippen LogP contribution in [0.1, 0.15) is 25.3 Å². The van der Waals surface area contributed by atoms with E-state index in [9.17, 15) is 14.4 Å². The number of carbonyl (C=O) groups is 3. The Kier molecular flexibility index (Phi) is 4.73. The molecular weight excluding hydrogens is 268 g/mol. The topological polar surface area (TPSA) is 66.5 Å². The number of hydrogen-bond acceptors (Lipinski definition) is 3. The van der Waals surface area contributed by atoms with Gasteiger partial charge in [0.05, 0.1) is 0 Å². The van der Waals surface area contributed by atoms with Gasteiger partial charge in [0.25, 0.3) is 5.91 Å². The molecule has 5 heteroatoms. The maximum absolute atomic E-state index is 12.1. The van der Waals surface area contributed by atoms with E-state index in [2.05, 4.69) is 5.32 Å². The Bertz CT molecular complexity index is 552. The first-order valence-electron chi connectivity index (χ1n) is 7.16. The van der Waals surface area contributed by atoms with Crippen molar-refractivity contribution in [1.82, 2.24) is 5.32 Å². The molecule has 1 aromatic carbocycles. The monoisotopic (exact) mass is 288 g/mol. The number of carbonyl (C=O) groups excluding carboxylic acids is 3. The van der Waals surface area contributed by atoms with Crippen molar-refractivity contribution in [2.24, 2.45) is 5.92 Å². The van der Waals surface area contributed by atoms with Crippen LogP contribution in [0.15, 0.2) is 24.3 Å². The maximum atomic E-state index is 12.1. The smallest absolute Gasteiger partial charge is 0.289 e. The predicted molar refractivity (Wildman–Crippen MR) is 79.9 cm³/mol. The van der Waals surface area contributed by atoms with Gasteiger partial charge < -0.3 is 10.2 Å². The normalized spacial score (nSPS) is 15.1. The first-order chi connectivity index (χ1) is 10.0. The molecule has 0 unspecified atom stereocenters. The lowest BCUT2D eigenvalue weighted by Gasteiger charge is -2.25. The molecule has 1 fully saturated rings. The van der Waals surface area contributed by atoms with Crippen LogP contribution in [0.3, 0.4) is 0 Å². The zero-order valence-corrected chi connectivity index (χ0v) is 12.3. The zero-order chi connectivity index (χ0) is 15.4. The molecule has 1 aliphatic rings. The number of rotatable bonds is 7. The lowest BCUT2D eigenvalue weighted by molar-refractivity contribution is -0.138. The summed E-state index contributed by atoms with van der Waals surface area (Å²) in [6, 6.07) is 6.45. The molecule has 0 radical (unpaired) electrons. The highest BCUT2D eigenvalue weighted by Crippen LogP contribution is 2.27. The molecule has 0 saturated heterocycles. The largest absolute Gasteiger partial charge is 0.349 e. The van der Waals surface area contributed by atoms with Crippen LogP contribution in [0.25, 0.3) is 0 Å². The minimum atomic E-state index is -0.817. The third kappa shape index (κ3) is 3.68. The summed E-state index contributed by atoms with van der Waals surface area (Å²) in [4.78, 5) is 36.6. The Labute approximate surface area is 124 Å². The molecule has 1 saturated carbocycles. The average molecular weight is 288 g/mol. The number of anilines is 1. The predicted octanol–water partition coefficient (Wildman–Crippen LogP) is 1.44. The van der Waals surface area contributed by atoms with Gasteiger partial charge in [-0.1, -0.05) is 18.2 Å².